The van der Waals surface area contributed by atoms with E-state index in [1.165, 1.54) is 12.1 Å². The molecule has 2 aromatic rings. The van der Waals surface area contributed by atoms with Crippen molar-refractivity contribution >= 4 is 5.91 Å². The molecule has 0 fully saturated rings. The highest BCUT2D eigenvalue weighted by molar-refractivity contribution is 5.83. The van der Waals surface area contributed by atoms with Gasteiger partial charge in [0.15, 0.2) is 0 Å². The maximum Gasteiger partial charge on any atom is 0.229 e. The predicted octanol–water partition coefficient (Wildman–Crippen LogP) is 1.78. The number of nitrogens with one attached hydrogen (secondary N) is 2. The highest BCUT2D eigenvalue weighted by Gasteiger charge is 2.27. The summed E-state index contributed by atoms with van der Waals surface area (Å²) < 4.78 is 13.6. The molecule has 0 saturated carbocycles. The van der Waals surface area contributed by atoms with Crippen LogP contribution in [0.25, 0.3) is 0 Å². The number of hydrogen-bond acceptors (Lipinski definition) is 3. The molecule has 1 aromatic heterocycles. The fourth-order valence-corrected chi connectivity index (χ4v) is 2.87. The van der Waals surface area contributed by atoms with Gasteiger partial charge in [0.2, 0.25) is 5.91 Å². The third-order valence-corrected chi connectivity index (χ3v) is 4.11. The second kappa shape index (κ2) is 6.27. The number of aromatic nitrogens is 2. The summed E-state index contributed by atoms with van der Waals surface area (Å²) in [6, 6.07) is 4.58. The van der Waals surface area contributed by atoms with Gasteiger partial charge in [-0.3, -0.25) is 9.89 Å². The van der Waals surface area contributed by atoms with Crippen LogP contribution in [0.4, 0.5) is 4.39 Å². The number of benzene rings is 1. The van der Waals surface area contributed by atoms with E-state index in [-0.39, 0.29) is 30.5 Å². The van der Waals surface area contributed by atoms with E-state index < -0.39 is 5.82 Å². The molecule has 1 aliphatic rings. The van der Waals surface area contributed by atoms with Crippen molar-refractivity contribution in [2.24, 2.45) is 0 Å². The predicted molar refractivity (Wildman–Crippen MR) is 78.4 cm³/mol. The summed E-state index contributed by atoms with van der Waals surface area (Å²) in [4.78, 5) is 12.3. The summed E-state index contributed by atoms with van der Waals surface area (Å²) in [6.07, 6.45) is 4.48. The third-order valence-electron chi connectivity index (χ3n) is 4.11. The molecule has 3 N–H and O–H groups in total. The Kier molecular flexibility index (Phi) is 4.20. The molecule has 3 rings (SSSR count). The number of aryl methyl sites for hydroxylation is 1. The number of carbonyl (C=O) groups excluding carboxylic acids is 1. The van der Waals surface area contributed by atoms with E-state index in [0.29, 0.717) is 5.56 Å². The zero-order valence-electron chi connectivity index (χ0n) is 12.1. The number of hydrogen-bond donors (Lipinski definition) is 3. The molecule has 0 spiro atoms. The molecule has 0 saturated heterocycles. The Bertz CT molecular complexity index is 684. The number of carbonyl (C=O) groups is 1. The standard InChI is InChI=1S/C16H18FN3O2/c17-14-6-10(4-5-12(14)9-21)7-18-16(22)13-3-1-2-11-8-19-20-15(11)13/h4-6,8,13,21H,1-3,7,9H2,(H,18,22)(H,19,20). The van der Waals surface area contributed by atoms with Crippen LogP contribution >= 0.6 is 0 Å². The number of halogens is 1. The third kappa shape index (κ3) is 2.87. The first kappa shape index (κ1) is 14.7. The smallest absolute Gasteiger partial charge is 0.229 e. The van der Waals surface area contributed by atoms with E-state index in [1.807, 2.05) is 0 Å². The molecular weight excluding hydrogens is 285 g/mol. The Balaban J connectivity index is 1.65. The van der Waals surface area contributed by atoms with E-state index in [4.69, 9.17) is 5.11 Å². The fraction of sp³-hybridized carbons (Fsp3) is 0.375. The molecule has 5 nitrogen and oxygen atoms in total. The van der Waals surface area contributed by atoms with Gasteiger partial charge in [-0.15, -0.1) is 0 Å². The van der Waals surface area contributed by atoms with Gasteiger partial charge in [-0.1, -0.05) is 12.1 Å². The lowest BCUT2D eigenvalue weighted by Crippen LogP contribution is -2.31. The summed E-state index contributed by atoms with van der Waals surface area (Å²) in [5.74, 6) is -0.743. The lowest BCUT2D eigenvalue weighted by Gasteiger charge is -2.21. The topological polar surface area (TPSA) is 78.0 Å². The lowest BCUT2D eigenvalue weighted by molar-refractivity contribution is -0.123. The first-order chi connectivity index (χ1) is 10.7. The Hall–Kier alpha value is -2.21. The Morgan fingerprint density at radius 2 is 2.36 bits per heavy atom. The summed E-state index contributed by atoms with van der Waals surface area (Å²) >= 11 is 0. The molecule has 1 atom stereocenters. The molecule has 22 heavy (non-hydrogen) atoms. The zero-order chi connectivity index (χ0) is 15.5. The first-order valence-electron chi connectivity index (χ1n) is 7.37. The number of rotatable bonds is 4. The van der Waals surface area contributed by atoms with Crippen molar-refractivity contribution in [2.45, 2.75) is 38.3 Å². The van der Waals surface area contributed by atoms with Crippen molar-refractivity contribution < 1.29 is 14.3 Å². The Labute approximate surface area is 127 Å². The quantitative estimate of drug-likeness (QED) is 0.805. The maximum atomic E-state index is 13.6. The number of aliphatic hydroxyl groups is 1. The van der Waals surface area contributed by atoms with Gasteiger partial charge in [0.25, 0.3) is 0 Å². The van der Waals surface area contributed by atoms with Gasteiger partial charge < -0.3 is 10.4 Å². The number of H-pyrrole nitrogens is 1. The largest absolute Gasteiger partial charge is 0.392 e. The van der Waals surface area contributed by atoms with Crippen LogP contribution in [0.3, 0.4) is 0 Å². The SMILES string of the molecule is O=C(NCc1ccc(CO)c(F)c1)C1CCCc2cn[nH]c21. The molecule has 116 valence electrons. The lowest BCUT2D eigenvalue weighted by atomic mass is 9.87. The number of nitrogens with zero attached hydrogens (tertiary/aromatic N) is 1. The van der Waals surface area contributed by atoms with Crippen molar-refractivity contribution in [3.8, 4) is 0 Å². The van der Waals surface area contributed by atoms with Gasteiger partial charge in [-0.05, 0) is 36.5 Å². The van der Waals surface area contributed by atoms with Crippen LogP contribution in [0.1, 0.15) is 41.1 Å². The van der Waals surface area contributed by atoms with E-state index in [2.05, 4.69) is 15.5 Å². The van der Waals surface area contributed by atoms with Crippen LogP contribution in [-0.2, 0) is 24.4 Å². The minimum Gasteiger partial charge on any atom is -0.392 e. The van der Waals surface area contributed by atoms with Gasteiger partial charge in [-0.2, -0.15) is 5.10 Å². The molecule has 1 unspecified atom stereocenters. The molecule has 1 aliphatic carbocycles. The number of amides is 1. The van der Waals surface area contributed by atoms with Crippen LogP contribution in [0.15, 0.2) is 24.4 Å². The molecule has 1 heterocycles. The van der Waals surface area contributed by atoms with Crippen LogP contribution in [-0.4, -0.2) is 21.2 Å². The van der Waals surface area contributed by atoms with Crippen molar-refractivity contribution in [1.82, 2.24) is 15.5 Å². The van der Waals surface area contributed by atoms with Crippen molar-refractivity contribution in [3.63, 3.8) is 0 Å². The van der Waals surface area contributed by atoms with Gasteiger partial charge in [0.1, 0.15) is 5.82 Å². The maximum absolute atomic E-state index is 13.6. The summed E-state index contributed by atoms with van der Waals surface area (Å²) in [7, 11) is 0. The van der Waals surface area contributed by atoms with Gasteiger partial charge in [0, 0.05) is 12.1 Å². The van der Waals surface area contributed by atoms with Crippen LogP contribution < -0.4 is 5.32 Å². The molecule has 1 aromatic carbocycles. The molecular formula is C16H18FN3O2. The number of aliphatic hydroxyl groups excluding tert-OH is 1. The van der Waals surface area contributed by atoms with Crippen molar-refractivity contribution in [3.05, 3.63) is 52.6 Å². The summed E-state index contributed by atoms with van der Waals surface area (Å²) in [6.45, 7) is -0.0649. The second-order valence-electron chi connectivity index (χ2n) is 5.56. The van der Waals surface area contributed by atoms with Crippen LogP contribution in [0, 0.1) is 5.82 Å². The first-order valence-corrected chi connectivity index (χ1v) is 7.37. The zero-order valence-corrected chi connectivity index (χ0v) is 12.1. The molecule has 6 heteroatoms. The summed E-state index contributed by atoms with van der Waals surface area (Å²) in [5.41, 5.74) is 2.92. The van der Waals surface area contributed by atoms with Crippen LogP contribution in [0.2, 0.25) is 0 Å². The average molecular weight is 303 g/mol. The molecule has 0 aliphatic heterocycles. The summed E-state index contributed by atoms with van der Waals surface area (Å²) in [5, 5.41) is 18.7. The minimum absolute atomic E-state index is 0.0724. The van der Waals surface area contributed by atoms with Gasteiger partial charge in [0.05, 0.1) is 24.4 Å². The highest BCUT2D eigenvalue weighted by Crippen LogP contribution is 2.29. The average Bonchev–Trinajstić information content (AvgIpc) is 3.01. The van der Waals surface area contributed by atoms with E-state index in [1.54, 1.807) is 12.3 Å². The Morgan fingerprint density at radius 3 is 3.14 bits per heavy atom. The van der Waals surface area contributed by atoms with E-state index >= 15 is 0 Å². The number of aromatic amines is 1. The normalized spacial score (nSPS) is 17.1. The molecule has 1 amide bonds. The minimum atomic E-state index is -0.456. The monoisotopic (exact) mass is 303 g/mol. The van der Waals surface area contributed by atoms with Crippen LogP contribution in [0.5, 0.6) is 0 Å². The van der Waals surface area contributed by atoms with Gasteiger partial charge >= 0.3 is 0 Å². The van der Waals surface area contributed by atoms with Gasteiger partial charge in [-0.25, -0.2) is 4.39 Å². The van der Waals surface area contributed by atoms with Crippen molar-refractivity contribution in [1.29, 1.82) is 0 Å². The number of fused-ring (bicyclic) bond motifs is 1. The molecule has 0 radical (unpaired) electrons. The Morgan fingerprint density at radius 1 is 1.50 bits per heavy atom. The van der Waals surface area contributed by atoms with Crippen molar-refractivity contribution in [2.75, 3.05) is 0 Å². The second-order valence-corrected chi connectivity index (χ2v) is 5.56. The van der Waals surface area contributed by atoms with E-state index in [0.717, 1.165) is 30.5 Å². The van der Waals surface area contributed by atoms with E-state index in [9.17, 15) is 9.18 Å². The highest BCUT2D eigenvalue weighted by atomic mass is 19.1. The molecule has 0 bridgehead atoms. The fourth-order valence-electron chi connectivity index (χ4n) is 2.87.